The van der Waals surface area contributed by atoms with Gasteiger partial charge in [-0.1, -0.05) is 70.4 Å². The van der Waals surface area contributed by atoms with Gasteiger partial charge >= 0.3 is 0 Å². The highest BCUT2D eigenvalue weighted by atomic mass is 14.1. The molecule has 1 aliphatic rings. The second kappa shape index (κ2) is 7.53. The molecule has 0 aromatic heterocycles. The van der Waals surface area contributed by atoms with Gasteiger partial charge in [0, 0.05) is 0 Å². The Morgan fingerprint density at radius 2 is 1.23 bits per heavy atom. The topological polar surface area (TPSA) is 0 Å². The maximum atomic E-state index is 2.33. The molecule has 0 aromatic rings. The second-order valence-electron chi connectivity index (χ2n) is 4.71. The first-order chi connectivity index (χ1) is 6.43. The molecule has 74 valence electrons. The Balaban J connectivity index is 2.18. The Hall–Kier alpha value is 0.130. The summed E-state index contributed by atoms with van der Waals surface area (Å²) in [6.07, 6.45) is 13.5. The van der Waals surface area contributed by atoms with Crippen LogP contribution < -0.4 is 0 Å². The fraction of sp³-hybridized carbons (Fsp3) is 1.00. The lowest BCUT2D eigenvalue weighted by molar-refractivity contribution is 0.503. The molecule has 0 radical (unpaired) electrons. The van der Waals surface area contributed by atoms with Crippen molar-refractivity contribution < 1.29 is 0 Å². The van der Waals surface area contributed by atoms with Gasteiger partial charge in [-0.3, -0.25) is 0 Å². The van der Waals surface area contributed by atoms with Gasteiger partial charge in [-0.15, -0.1) is 0 Å². The van der Waals surface area contributed by atoms with Crippen LogP contribution in [0, 0.1) is 0 Å². The summed E-state index contributed by atoms with van der Waals surface area (Å²) in [5.74, 6) is 1.07. The number of hydrogen-bond acceptors (Lipinski definition) is 0. The molecule has 2 heteroatoms. The lowest BCUT2D eigenvalue weighted by atomic mass is 9.34. The molecule has 0 bridgehead atoms. The van der Waals surface area contributed by atoms with Crippen molar-refractivity contribution in [3.05, 3.63) is 0 Å². The zero-order valence-corrected chi connectivity index (χ0v) is 9.36. The summed E-state index contributed by atoms with van der Waals surface area (Å²) in [6, 6.07) is 0. The molecule has 0 aliphatic heterocycles. The lowest BCUT2D eigenvalue weighted by Crippen LogP contribution is -2.10. The van der Waals surface area contributed by atoms with Gasteiger partial charge in [0.05, 0.1) is 14.3 Å². The molecule has 0 heterocycles. The van der Waals surface area contributed by atoms with E-state index in [1.807, 2.05) is 0 Å². The number of rotatable bonds is 2. The molecular formula is C11H24B2. The minimum atomic E-state index is 1.07. The van der Waals surface area contributed by atoms with Crippen molar-refractivity contribution in [1.29, 1.82) is 0 Å². The molecule has 0 N–H and O–H groups in total. The summed E-state index contributed by atoms with van der Waals surface area (Å²) in [4.78, 5) is 0. The maximum absolute atomic E-state index is 2.33. The van der Waals surface area contributed by atoms with Crippen LogP contribution in [0.15, 0.2) is 0 Å². The van der Waals surface area contributed by atoms with Gasteiger partial charge in [0.1, 0.15) is 0 Å². The highest BCUT2D eigenvalue weighted by Gasteiger charge is 2.09. The van der Waals surface area contributed by atoms with Crippen LogP contribution in [0.1, 0.15) is 57.8 Å². The standard InChI is InChI=1S/C11H24B2/c1-12-13-11-9-7-5-3-2-4-6-8-10-11/h11-13H,2-10H2,1H3. The summed E-state index contributed by atoms with van der Waals surface area (Å²) in [6.45, 7) is 2.33. The minimum Gasteiger partial charge on any atom is -0.0958 e. The van der Waals surface area contributed by atoms with Crippen LogP contribution in [-0.2, 0) is 0 Å². The Morgan fingerprint density at radius 1 is 0.769 bits per heavy atom. The molecule has 0 saturated heterocycles. The Morgan fingerprint density at radius 3 is 1.69 bits per heavy atom. The van der Waals surface area contributed by atoms with E-state index >= 15 is 0 Å². The number of hydrogen-bond donors (Lipinski definition) is 0. The highest BCUT2D eigenvalue weighted by molar-refractivity contribution is 7.00. The van der Waals surface area contributed by atoms with Crippen LogP contribution in [0.5, 0.6) is 0 Å². The van der Waals surface area contributed by atoms with Crippen LogP contribution in [0.3, 0.4) is 0 Å². The van der Waals surface area contributed by atoms with Gasteiger partial charge < -0.3 is 0 Å². The van der Waals surface area contributed by atoms with Gasteiger partial charge in [-0.25, -0.2) is 0 Å². The maximum Gasteiger partial charge on any atom is 0.0901 e. The van der Waals surface area contributed by atoms with Crippen molar-refractivity contribution in [2.45, 2.75) is 70.4 Å². The van der Waals surface area contributed by atoms with Crippen LogP contribution in [0.2, 0.25) is 12.6 Å². The first kappa shape index (κ1) is 11.2. The predicted octanol–water partition coefficient (Wildman–Crippen LogP) is 3.14. The molecule has 1 rings (SSSR count). The van der Waals surface area contributed by atoms with E-state index in [0.717, 1.165) is 5.82 Å². The average molecular weight is 178 g/mol. The molecule has 0 spiro atoms. The van der Waals surface area contributed by atoms with Crippen LogP contribution in [0.4, 0.5) is 0 Å². The van der Waals surface area contributed by atoms with E-state index in [0.29, 0.717) is 0 Å². The van der Waals surface area contributed by atoms with Crippen LogP contribution in [-0.4, -0.2) is 14.3 Å². The zero-order chi connectivity index (χ0) is 9.36. The average Bonchev–Trinajstić information content (AvgIpc) is 2.16. The third kappa shape index (κ3) is 5.44. The molecule has 0 unspecified atom stereocenters. The van der Waals surface area contributed by atoms with E-state index in [9.17, 15) is 0 Å². The van der Waals surface area contributed by atoms with Crippen LogP contribution in [0.25, 0.3) is 0 Å². The van der Waals surface area contributed by atoms with Crippen molar-refractivity contribution in [2.24, 2.45) is 0 Å². The third-order valence-electron chi connectivity index (χ3n) is 3.42. The van der Waals surface area contributed by atoms with Gasteiger partial charge in [0.25, 0.3) is 0 Å². The van der Waals surface area contributed by atoms with E-state index < -0.39 is 0 Å². The van der Waals surface area contributed by atoms with Crippen LogP contribution >= 0.6 is 0 Å². The first-order valence-corrected chi connectivity index (χ1v) is 6.43. The fourth-order valence-electron chi connectivity index (χ4n) is 2.59. The van der Waals surface area contributed by atoms with Gasteiger partial charge in [0.2, 0.25) is 0 Å². The summed E-state index contributed by atoms with van der Waals surface area (Å²) >= 11 is 0. The summed E-state index contributed by atoms with van der Waals surface area (Å²) in [7, 11) is 2.88. The molecule has 0 amide bonds. The van der Waals surface area contributed by atoms with E-state index in [1.165, 1.54) is 72.1 Å². The summed E-state index contributed by atoms with van der Waals surface area (Å²) < 4.78 is 0. The Kier molecular flexibility index (Phi) is 6.49. The Labute approximate surface area is 85.3 Å². The molecule has 1 aliphatic carbocycles. The van der Waals surface area contributed by atoms with Crippen molar-refractivity contribution in [3.63, 3.8) is 0 Å². The largest absolute Gasteiger partial charge is 0.0958 e. The Bertz CT molecular complexity index is 105. The van der Waals surface area contributed by atoms with Crippen molar-refractivity contribution >= 4 is 14.3 Å². The van der Waals surface area contributed by atoms with E-state index in [2.05, 4.69) is 6.82 Å². The molecule has 0 nitrogen and oxygen atoms in total. The smallest absolute Gasteiger partial charge is 0.0901 e. The van der Waals surface area contributed by atoms with E-state index in [1.54, 1.807) is 0 Å². The van der Waals surface area contributed by atoms with Gasteiger partial charge in [-0.2, -0.15) is 0 Å². The molecular weight excluding hydrogens is 154 g/mol. The second-order valence-corrected chi connectivity index (χ2v) is 4.71. The van der Waals surface area contributed by atoms with Crippen molar-refractivity contribution in [1.82, 2.24) is 0 Å². The minimum absolute atomic E-state index is 1.07. The van der Waals surface area contributed by atoms with Gasteiger partial charge in [0.15, 0.2) is 0 Å². The quantitative estimate of drug-likeness (QED) is 0.569. The normalized spacial score (nSPS) is 22.2. The predicted molar refractivity (Wildman–Crippen MR) is 65.5 cm³/mol. The van der Waals surface area contributed by atoms with E-state index in [-0.39, 0.29) is 0 Å². The third-order valence-corrected chi connectivity index (χ3v) is 3.42. The molecule has 13 heavy (non-hydrogen) atoms. The van der Waals surface area contributed by atoms with Crippen molar-refractivity contribution in [3.8, 4) is 0 Å². The molecule has 1 saturated carbocycles. The zero-order valence-electron chi connectivity index (χ0n) is 9.36. The lowest BCUT2D eigenvalue weighted by Gasteiger charge is -2.16. The van der Waals surface area contributed by atoms with E-state index in [4.69, 9.17) is 0 Å². The monoisotopic (exact) mass is 178 g/mol. The molecule has 1 fully saturated rings. The fourth-order valence-corrected chi connectivity index (χ4v) is 2.59. The summed E-state index contributed by atoms with van der Waals surface area (Å²) in [5, 5.41) is 0. The SMILES string of the molecule is CBBC1CCCCCCCCC1. The van der Waals surface area contributed by atoms with Gasteiger partial charge in [-0.05, 0) is 0 Å². The van der Waals surface area contributed by atoms with Crippen molar-refractivity contribution in [2.75, 3.05) is 0 Å². The molecule has 0 aromatic carbocycles. The molecule has 0 atom stereocenters. The highest BCUT2D eigenvalue weighted by Crippen LogP contribution is 2.24. The first-order valence-electron chi connectivity index (χ1n) is 6.43. The summed E-state index contributed by atoms with van der Waals surface area (Å²) in [5.41, 5.74) is 0.